The van der Waals surface area contributed by atoms with Crippen LogP contribution in [0.4, 0.5) is 0 Å². The van der Waals surface area contributed by atoms with Crippen molar-refractivity contribution in [3.63, 3.8) is 0 Å². The monoisotopic (exact) mass is 414 g/mol. The highest BCUT2D eigenvalue weighted by Crippen LogP contribution is 2.25. The molecule has 0 aliphatic rings. The van der Waals surface area contributed by atoms with Crippen LogP contribution in [0.1, 0.15) is 67.2 Å². The lowest BCUT2D eigenvalue weighted by Crippen LogP contribution is -2.28. The molecule has 0 saturated heterocycles. The zero-order valence-corrected chi connectivity index (χ0v) is 16.8. The Hall–Kier alpha value is -2.21. The minimum Gasteiger partial charge on any atom is -0.344 e. The second-order valence-electron chi connectivity index (χ2n) is 6.46. The summed E-state index contributed by atoms with van der Waals surface area (Å²) < 4.78 is 2.21. The van der Waals surface area contributed by atoms with Gasteiger partial charge in [0, 0.05) is 12.4 Å². The van der Waals surface area contributed by atoms with E-state index in [4.69, 9.17) is 0 Å². The van der Waals surface area contributed by atoms with Crippen molar-refractivity contribution in [1.82, 2.24) is 19.9 Å². The molecule has 2 aromatic heterocycles. The molecule has 0 radical (unpaired) electrons. The predicted molar refractivity (Wildman–Crippen MR) is 106 cm³/mol. The molecule has 2 atom stereocenters. The van der Waals surface area contributed by atoms with Crippen molar-refractivity contribution in [1.29, 1.82) is 0 Å². The first-order valence-corrected chi connectivity index (χ1v) is 9.74. The second kappa shape index (κ2) is 7.99. The van der Waals surface area contributed by atoms with Gasteiger partial charge < -0.3 is 5.32 Å². The maximum Gasteiger partial charge on any atom is 0.273 e. The van der Waals surface area contributed by atoms with Crippen LogP contribution in [-0.2, 0) is 0 Å². The number of aromatic nitrogens is 3. The van der Waals surface area contributed by atoms with Crippen LogP contribution in [0.25, 0.3) is 5.65 Å². The van der Waals surface area contributed by atoms with Crippen LogP contribution < -0.4 is 5.32 Å². The summed E-state index contributed by atoms with van der Waals surface area (Å²) in [4.78, 5) is 17.0. The van der Waals surface area contributed by atoms with Crippen molar-refractivity contribution >= 4 is 27.5 Å². The van der Waals surface area contributed by atoms with Crippen molar-refractivity contribution < 1.29 is 4.79 Å². The molecule has 3 aromatic rings. The number of amides is 1. The van der Waals surface area contributed by atoms with Gasteiger partial charge in [0.15, 0.2) is 11.3 Å². The molecule has 1 aromatic carbocycles. The first kappa shape index (κ1) is 18.6. The third kappa shape index (κ3) is 3.65. The molecule has 0 bridgehead atoms. The molecule has 0 aliphatic carbocycles. The Morgan fingerprint density at radius 2 is 1.88 bits per heavy atom. The summed E-state index contributed by atoms with van der Waals surface area (Å²) in [7, 11) is 0. The number of hydrogen-bond acceptors (Lipinski definition) is 3. The van der Waals surface area contributed by atoms with E-state index in [1.165, 1.54) is 5.56 Å². The average Bonchev–Trinajstić information content (AvgIpc) is 3.02. The fourth-order valence-corrected chi connectivity index (χ4v) is 3.49. The van der Waals surface area contributed by atoms with Gasteiger partial charge in [-0.1, -0.05) is 45.0 Å². The van der Waals surface area contributed by atoms with E-state index in [1.54, 1.807) is 23.0 Å². The lowest BCUT2D eigenvalue weighted by molar-refractivity contribution is 0.0929. The van der Waals surface area contributed by atoms with E-state index in [0.717, 1.165) is 18.4 Å². The third-order valence-electron chi connectivity index (χ3n) is 4.79. The maximum atomic E-state index is 12.8. The van der Waals surface area contributed by atoms with Gasteiger partial charge >= 0.3 is 0 Å². The highest BCUT2D eigenvalue weighted by atomic mass is 79.9. The zero-order chi connectivity index (χ0) is 18.7. The Bertz CT molecular complexity index is 904. The van der Waals surface area contributed by atoms with E-state index in [2.05, 4.69) is 76.4 Å². The van der Waals surface area contributed by atoms with Crippen LogP contribution in [0, 0.1) is 0 Å². The summed E-state index contributed by atoms with van der Waals surface area (Å²) in [5.41, 5.74) is 3.40. The van der Waals surface area contributed by atoms with Crippen LogP contribution in [0.15, 0.2) is 47.2 Å². The first-order chi connectivity index (χ1) is 12.5. The number of rotatable bonds is 6. The lowest BCUT2D eigenvalue weighted by Gasteiger charge is -2.18. The standard InChI is InChI=1S/C20H23BrN4O/c1-4-13(3)14-7-9-15(10-8-14)16(5-2)23-20(26)18-17(21)19-22-11-6-12-25(19)24-18/h6-13,16H,4-5H2,1-3H3,(H,23,26). The Balaban J connectivity index is 1.80. The van der Waals surface area contributed by atoms with Gasteiger partial charge in [-0.05, 0) is 51.9 Å². The topological polar surface area (TPSA) is 59.3 Å². The van der Waals surface area contributed by atoms with Crippen LogP contribution in [0.3, 0.4) is 0 Å². The van der Waals surface area contributed by atoms with Crippen LogP contribution in [0.2, 0.25) is 0 Å². The summed E-state index contributed by atoms with van der Waals surface area (Å²) in [6.45, 7) is 6.48. The molecular formula is C20H23BrN4O. The van der Waals surface area contributed by atoms with Gasteiger partial charge in [-0.25, -0.2) is 9.50 Å². The molecule has 3 rings (SSSR count). The van der Waals surface area contributed by atoms with Crippen molar-refractivity contribution in [2.45, 2.75) is 45.6 Å². The molecule has 0 fully saturated rings. The number of hydrogen-bond donors (Lipinski definition) is 1. The third-order valence-corrected chi connectivity index (χ3v) is 5.52. The number of nitrogens with one attached hydrogen (secondary N) is 1. The SMILES string of the molecule is CCC(C)c1ccc(C(CC)NC(=O)c2nn3cccnc3c2Br)cc1. The fourth-order valence-electron chi connectivity index (χ4n) is 2.94. The molecule has 6 heteroatoms. The van der Waals surface area contributed by atoms with E-state index in [1.807, 2.05) is 0 Å². The summed E-state index contributed by atoms with van der Waals surface area (Å²) in [5.74, 6) is 0.334. The summed E-state index contributed by atoms with van der Waals surface area (Å²) in [5, 5.41) is 7.43. The van der Waals surface area contributed by atoms with Crippen molar-refractivity contribution in [3.05, 3.63) is 64.0 Å². The van der Waals surface area contributed by atoms with Gasteiger partial charge in [0.2, 0.25) is 0 Å². The highest BCUT2D eigenvalue weighted by molar-refractivity contribution is 9.10. The summed E-state index contributed by atoms with van der Waals surface area (Å²) in [6, 6.07) is 10.2. The number of fused-ring (bicyclic) bond motifs is 1. The van der Waals surface area contributed by atoms with E-state index in [-0.39, 0.29) is 11.9 Å². The van der Waals surface area contributed by atoms with Gasteiger partial charge in [-0.2, -0.15) is 5.10 Å². The minimum absolute atomic E-state index is 0.0573. The van der Waals surface area contributed by atoms with E-state index in [0.29, 0.717) is 21.7 Å². The quantitative estimate of drug-likeness (QED) is 0.624. The molecule has 2 heterocycles. The Morgan fingerprint density at radius 1 is 1.19 bits per heavy atom. The maximum absolute atomic E-state index is 12.8. The number of halogens is 1. The largest absolute Gasteiger partial charge is 0.344 e. The fraction of sp³-hybridized carbons (Fsp3) is 0.350. The molecule has 0 aliphatic heterocycles. The van der Waals surface area contributed by atoms with Crippen LogP contribution >= 0.6 is 15.9 Å². The molecule has 1 N–H and O–H groups in total. The van der Waals surface area contributed by atoms with Gasteiger partial charge in [-0.3, -0.25) is 4.79 Å². The van der Waals surface area contributed by atoms with Crippen molar-refractivity contribution in [2.75, 3.05) is 0 Å². The number of carbonyl (C=O) groups excluding carboxylic acids is 1. The number of carbonyl (C=O) groups is 1. The Kier molecular flexibility index (Phi) is 5.71. The molecule has 5 nitrogen and oxygen atoms in total. The average molecular weight is 415 g/mol. The van der Waals surface area contributed by atoms with E-state index in [9.17, 15) is 4.79 Å². The minimum atomic E-state index is -0.208. The first-order valence-electron chi connectivity index (χ1n) is 8.94. The number of benzene rings is 1. The van der Waals surface area contributed by atoms with Gasteiger partial charge in [-0.15, -0.1) is 0 Å². The zero-order valence-electron chi connectivity index (χ0n) is 15.2. The molecule has 0 spiro atoms. The van der Waals surface area contributed by atoms with Gasteiger partial charge in [0.25, 0.3) is 5.91 Å². The van der Waals surface area contributed by atoms with Crippen LogP contribution in [-0.4, -0.2) is 20.5 Å². The highest BCUT2D eigenvalue weighted by Gasteiger charge is 2.21. The van der Waals surface area contributed by atoms with Gasteiger partial charge in [0.05, 0.1) is 10.5 Å². The molecular weight excluding hydrogens is 392 g/mol. The molecule has 1 amide bonds. The molecule has 0 saturated carbocycles. The normalized spacial score (nSPS) is 13.5. The second-order valence-corrected chi connectivity index (χ2v) is 7.25. The number of nitrogens with zero attached hydrogens (tertiary/aromatic N) is 3. The Morgan fingerprint density at radius 3 is 2.50 bits per heavy atom. The smallest absolute Gasteiger partial charge is 0.273 e. The summed E-state index contributed by atoms with van der Waals surface area (Å²) >= 11 is 3.45. The van der Waals surface area contributed by atoms with E-state index < -0.39 is 0 Å². The van der Waals surface area contributed by atoms with Gasteiger partial charge in [0.1, 0.15) is 0 Å². The van der Waals surface area contributed by atoms with Crippen molar-refractivity contribution in [2.24, 2.45) is 0 Å². The summed E-state index contributed by atoms with van der Waals surface area (Å²) in [6.07, 6.45) is 5.37. The molecule has 2 unspecified atom stereocenters. The predicted octanol–water partition coefficient (Wildman–Crippen LogP) is 4.89. The van der Waals surface area contributed by atoms with Crippen molar-refractivity contribution in [3.8, 4) is 0 Å². The Labute approximate surface area is 162 Å². The molecule has 136 valence electrons. The molecule has 26 heavy (non-hydrogen) atoms. The van der Waals surface area contributed by atoms with Crippen LogP contribution in [0.5, 0.6) is 0 Å². The van der Waals surface area contributed by atoms with E-state index >= 15 is 0 Å². The lowest BCUT2D eigenvalue weighted by atomic mass is 9.95.